The second kappa shape index (κ2) is 10.5. The van der Waals surface area contributed by atoms with Crippen molar-refractivity contribution in [3.8, 4) is 28.4 Å². The van der Waals surface area contributed by atoms with E-state index < -0.39 is 23.4 Å². The summed E-state index contributed by atoms with van der Waals surface area (Å²) in [5, 5.41) is 6.71. The largest absolute Gasteiger partial charge is 0.497 e. The SMILES string of the molecule is COC(=O)c1cc(-c2cnc(Nc3cc(OC)cc(OC)c3)nc2-n2nc(C(F)(F)F)cc2C)cn(C)c1=O. The number of anilines is 2. The molecule has 14 heteroatoms. The van der Waals surface area contributed by atoms with E-state index in [1.54, 1.807) is 18.2 Å². The quantitative estimate of drug-likeness (QED) is 0.345. The lowest BCUT2D eigenvalue weighted by atomic mass is 10.1. The van der Waals surface area contributed by atoms with Crippen LogP contribution in [0.1, 0.15) is 21.7 Å². The number of carbonyl (C=O) groups excluding carboxylic acids is 1. The first-order valence-electron chi connectivity index (χ1n) is 11.3. The number of halogens is 3. The summed E-state index contributed by atoms with van der Waals surface area (Å²) >= 11 is 0. The van der Waals surface area contributed by atoms with Gasteiger partial charge in [-0.05, 0) is 19.1 Å². The van der Waals surface area contributed by atoms with Crippen molar-refractivity contribution in [1.29, 1.82) is 0 Å². The Kier molecular flexibility index (Phi) is 7.29. The molecule has 0 spiro atoms. The fourth-order valence-electron chi connectivity index (χ4n) is 3.75. The van der Waals surface area contributed by atoms with Crippen molar-refractivity contribution in [2.24, 2.45) is 7.05 Å². The average molecular weight is 544 g/mol. The molecule has 4 aromatic rings. The van der Waals surface area contributed by atoms with E-state index in [-0.39, 0.29) is 34.2 Å². The summed E-state index contributed by atoms with van der Waals surface area (Å²) in [5.74, 6) is 0.0640. The summed E-state index contributed by atoms with van der Waals surface area (Å²) in [6.07, 6.45) is -1.95. The molecule has 204 valence electrons. The van der Waals surface area contributed by atoms with Crippen molar-refractivity contribution in [2.45, 2.75) is 13.1 Å². The maximum absolute atomic E-state index is 13.5. The van der Waals surface area contributed by atoms with Gasteiger partial charge in [-0.2, -0.15) is 23.3 Å². The first kappa shape index (κ1) is 27.2. The lowest BCUT2D eigenvalue weighted by Crippen LogP contribution is -2.25. The number of hydrogen-bond donors (Lipinski definition) is 1. The predicted molar refractivity (Wildman–Crippen MR) is 134 cm³/mol. The number of nitrogens with one attached hydrogen (secondary N) is 1. The summed E-state index contributed by atoms with van der Waals surface area (Å²) in [5.41, 5.74) is -0.931. The summed E-state index contributed by atoms with van der Waals surface area (Å²) < 4.78 is 57.8. The van der Waals surface area contributed by atoms with Gasteiger partial charge in [-0.3, -0.25) is 4.79 Å². The van der Waals surface area contributed by atoms with Gasteiger partial charge in [0.2, 0.25) is 5.95 Å². The Labute approximate surface area is 219 Å². The molecular weight excluding hydrogens is 521 g/mol. The monoisotopic (exact) mass is 544 g/mol. The van der Waals surface area contributed by atoms with Crippen LogP contribution < -0.4 is 20.3 Å². The lowest BCUT2D eigenvalue weighted by molar-refractivity contribution is -0.141. The van der Waals surface area contributed by atoms with E-state index in [4.69, 9.17) is 14.2 Å². The van der Waals surface area contributed by atoms with Crippen molar-refractivity contribution < 1.29 is 32.2 Å². The van der Waals surface area contributed by atoms with E-state index in [1.807, 2.05) is 0 Å². The minimum absolute atomic E-state index is 0.0190. The molecule has 0 aliphatic carbocycles. The maximum atomic E-state index is 13.5. The molecule has 0 atom stereocenters. The highest BCUT2D eigenvalue weighted by Gasteiger charge is 2.35. The molecule has 0 aliphatic heterocycles. The number of nitrogens with zero attached hydrogens (tertiary/aromatic N) is 5. The molecular formula is C25H23F3N6O5. The molecule has 39 heavy (non-hydrogen) atoms. The molecule has 0 bridgehead atoms. The van der Waals surface area contributed by atoms with Crippen LogP contribution in [-0.4, -0.2) is 51.6 Å². The fourth-order valence-corrected chi connectivity index (χ4v) is 3.75. The number of rotatable bonds is 7. The van der Waals surface area contributed by atoms with Crippen LogP contribution in [0.5, 0.6) is 11.5 Å². The summed E-state index contributed by atoms with van der Waals surface area (Å²) in [7, 11) is 5.52. The van der Waals surface area contributed by atoms with E-state index in [9.17, 15) is 22.8 Å². The molecule has 0 saturated heterocycles. The van der Waals surface area contributed by atoms with Gasteiger partial charge in [0.05, 0.1) is 21.3 Å². The van der Waals surface area contributed by atoms with Gasteiger partial charge in [-0.1, -0.05) is 0 Å². The third-order valence-corrected chi connectivity index (χ3v) is 5.65. The number of carbonyl (C=O) groups is 1. The molecule has 4 rings (SSSR count). The maximum Gasteiger partial charge on any atom is 0.435 e. The number of aromatic nitrogens is 5. The molecule has 11 nitrogen and oxygen atoms in total. The first-order valence-corrected chi connectivity index (χ1v) is 11.3. The molecule has 3 aromatic heterocycles. The van der Waals surface area contributed by atoms with Crippen LogP contribution in [0.4, 0.5) is 24.8 Å². The number of esters is 1. The predicted octanol–water partition coefficient (Wildman–Crippen LogP) is 3.90. The van der Waals surface area contributed by atoms with Gasteiger partial charge < -0.3 is 24.1 Å². The zero-order valence-electron chi connectivity index (χ0n) is 21.5. The Bertz CT molecular complexity index is 1590. The van der Waals surface area contributed by atoms with E-state index >= 15 is 0 Å². The normalized spacial score (nSPS) is 11.3. The van der Waals surface area contributed by atoms with Crippen LogP contribution in [-0.2, 0) is 18.0 Å². The number of ether oxygens (including phenoxy) is 3. The highest BCUT2D eigenvalue weighted by atomic mass is 19.4. The van der Waals surface area contributed by atoms with Crippen molar-refractivity contribution in [2.75, 3.05) is 26.6 Å². The van der Waals surface area contributed by atoms with Gasteiger partial charge in [0.1, 0.15) is 17.1 Å². The minimum Gasteiger partial charge on any atom is -0.497 e. The van der Waals surface area contributed by atoms with Crippen LogP contribution in [0, 0.1) is 6.92 Å². The number of methoxy groups -OCH3 is 3. The molecule has 0 fully saturated rings. The first-order chi connectivity index (χ1) is 18.4. The Hall–Kier alpha value is -4.88. The molecule has 0 radical (unpaired) electrons. The molecule has 1 aromatic carbocycles. The van der Waals surface area contributed by atoms with Crippen molar-refractivity contribution in [1.82, 2.24) is 24.3 Å². The second-order valence-corrected chi connectivity index (χ2v) is 8.29. The Morgan fingerprint density at radius 2 is 1.69 bits per heavy atom. The Morgan fingerprint density at radius 3 is 2.26 bits per heavy atom. The number of aryl methyl sites for hydroxylation is 2. The van der Waals surface area contributed by atoms with Gasteiger partial charge in [0.15, 0.2) is 11.5 Å². The van der Waals surface area contributed by atoms with E-state index in [1.165, 1.54) is 46.7 Å². The lowest BCUT2D eigenvalue weighted by Gasteiger charge is -2.15. The Morgan fingerprint density at radius 1 is 1.03 bits per heavy atom. The van der Waals surface area contributed by atoms with Gasteiger partial charge in [-0.25, -0.2) is 14.5 Å². The fraction of sp³-hybridized carbons (Fsp3) is 0.240. The van der Waals surface area contributed by atoms with Crippen LogP contribution in [0.3, 0.4) is 0 Å². The zero-order chi connectivity index (χ0) is 28.5. The third-order valence-electron chi connectivity index (χ3n) is 5.65. The summed E-state index contributed by atoms with van der Waals surface area (Å²) in [4.78, 5) is 33.5. The van der Waals surface area contributed by atoms with Crippen LogP contribution >= 0.6 is 0 Å². The third kappa shape index (κ3) is 5.54. The molecule has 1 N–H and O–H groups in total. The van der Waals surface area contributed by atoms with E-state index in [0.29, 0.717) is 17.2 Å². The zero-order valence-corrected chi connectivity index (χ0v) is 21.5. The second-order valence-electron chi connectivity index (χ2n) is 8.29. The Balaban J connectivity index is 1.92. The molecule has 0 unspecified atom stereocenters. The molecule has 3 heterocycles. The highest BCUT2D eigenvalue weighted by molar-refractivity contribution is 5.90. The van der Waals surface area contributed by atoms with Crippen LogP contribution in [0.25, 0.3) is 16.9 Å². The van der Waals surface area contributed by atoms with Gasteiger partial charge in [-0.15, -0.1) is 0 Å². The van der Waals surface area contributed by atoms with Crippen LogP contribution in [0.15, 0.2) is 47.5 Å². The summed E-state index contributed by atoms with van der Waals surface area (Å²) in [6.45, 7) is 1.44. The topological polar surface area (TPSA) is 122 Å². The van der Waals surface area contributed by atoms with Crippen LogP contribution in [0.2, 0.25) is 0 Å². The van der Waals surface area contributed by atoms with Gasteiger partial charge >= 0.3 is 12.1 Å². The number of hydrogen-bond acceptors (Lipinski definition) is 9. The van der Waals surface area contributed by atoms with Crippen molar-refractivity contribution >= 4 is 17.6 Å². The van der Waals surface area contributed by atoms with E-state index in [2.05, 4.69) is 20.4 Å². The smallest absolute Gasteiger partial charge is 0.435 e. The number of alkyl halides is 3. The van der Waals surface area contributed by atoms with Crippen molar-refractivity contribution in [3.05, 3.63) is 70.0 Å². The van der Waals surface area contributed by atoms with E-state index in [0.717, 1.165) is 22.4 Å². The molecule has 0 aliphatic rings. The standard InChI is InChI=1S/C25H23F3N6O5/c1-13-6-20(25(26,27)28)32-34(13)21-19(14-7-18(23(36)39-5)22(35)33(2)12-14)11-29-24(31-21)30-15-8-16(37-3)10-17(9-15)38-4/h6-12H,1-5H3,(H,29,30,31). The van der Waals surface area contributed by atoms with Gasteiger partial charge in [0.25, 0.3) is 5.56 Å². The molecule has 0 amide bonds. The number of pyridine rings is 1. The molecule has 0 saturated carbocycles. The highest BCUT2D eigenvalue weighted by Crippen LogP contribution is 2.33. The average Bonchev–Trinajstić information content (AvgIpc) is 3.31. The minimum atomic E-state index is -4.70. The number of benzene rings is 1. The van der Waals surface area contributed by atoms with Gasteiger partial charge in [0, 0.05) is 60.1 Å². The summed E-state index contributed by atoms with van der Waals surface area (Å²) in [6, 6.07) is 7.10. The van der Waals surface area contributed by atoms with Crippen molar-refractivity contribution in [3.63, 3.8) is 0 Å².